The summed E-state index contributed by atoms with van der Waals surface area (Å²) in [5.74, 6) is -7.92. The van der Waals surface area contributed by atoms with Crippen molar-refractivity contribution >= 4 is 59.7 Å². The fraction of sp³-hybridized carbons (Fsp3) is 0.788. The zero-order valence-corrected chi connectivity index (χ0v) is 56.3. The summed E-state index contributed by atoms with van der Waals surface area (Å²) in [6, 6.07) is 0. The predicted octanol–water partition coefficient (Wildman–Crippen LogP) is 5.87. The van der Waals surface area contributed by atoms with Crippen LogP contribution in [0.25, 0.3) is 0 Å². The lowest BCUT2D eigenvalue weighted by Gasteiger charge is -2.63. The Morgan fingerprint density at radius 3 is 1.57 bits per heavy atom. The smallest absolute Gasteiger partial charge is 0.314 e. The van der Waals surface area contributed by atoms with Gasteiger partial charge in [0.15, 0.2) is 55.5 Å². The van der Waals surface area contributed by atoms with Gasteiger partial charge in [0, 0.05) is 69.4 Å². The summed E-state index contributed by atoms with van der Waals surface area (Å²) in [5, 5.41) is 0. The van der Waals surface area contributed by atoms with Crippen molar-refractivity contribution in [3.05, 3.63) is 23.8 Å². The molecule has 0 radical (unpaired) electrons. The monoisotopic (exact) mass is 1320 g/mol. The van der Waals surface area contributed by atoms with Crippen LogP contribution in [0, 0.1) is 39.4 Å². The number of cyclic esters (lactones) is 1. The zero-order chi connectivity index (χ0) is 68.6. The summed E-state index contributed by atoms with van der Waals surface area (Å²) < 4.78 is 104. The lowest BCUT2D eigenvalue weighted by atomic mass is 9.41. The minimum Gasteiger partial charge on any atom is -0.463 e. The third kappa shape index (κ3) is 14.8. The van der Waals surface area contributed by atoms with Crippen LogP contribution in [0.3, 0.4) is 0 Å². The van der Waals surface area contributed by atoms with Gasteiger partial charge in [0.1, 0.15) is 55.4 Å². The number of fused-ring (bicyclic) bond motifs is 4. The maximum atomic E-state index is 14.8. The molecule has 4 aliphatic carbocycles. The van der Waals surface area contributed by atoms with Gasteiger partial charge in [0.05, 0.1) is 24.0 Å². The number of esters is 10. The standard InChI is InChI=1S/C66H94O27/c1-31(2)19-18-24-65(16)57-43(81-34(5)69)27-64(15)42-20-21-47-62(12,13)48(23-25-63(47,14)41(42)22-26-66(57,64)61(76)93-65)91-58-54(85-38(9)73)51(84-37(8)72)46(30-80-58)89-59-56(87-40(11)75)53(50(83-36(7)71)45(88-59)29-79-33(4)68)92-60-55(86-39(10)74)52(77-17)49(82-35(6)70)44(90-60)28-78-32(3)67/h22,42-60H,1,18-21,23-30H2,2-17H3/t42-,43-,44-,45-,46-,47+,48+,49-,50-,51+,52+,53+,54-,55-,56-,57-,58+,59+,60+,63-,64+,65+,66-/m1/s1. The largest absolute Gasteiger partial charge is 0.463 e. The van der Waals surface area contributed by atoms with Gasteiger partial charge in [0.2, 0.25) is 0 Å². The molecule has 3 saturated carbocycles. The van der Waals surface area contributed by atoms with Gasteiger partial charge in [-0.1, -0.05) is 44.9 Å². The number of hydrogen-bond donors (Lipinski definition) is 0. The highest BCUT2D eigenvalue weighted by Crippen LogP contribution is 2.76. The molecule has 1 spiro atoms. The van der Waals surface area contributed by atoms with Crippen LogP contribution in [0.1, 0.15) is 162 Å². The second-order valence-electron chi connectivity index (χ2n) is 27.5. The molecule has 93 heavy (non-hydrogen) atoms. The topological polar surface area (TPSA) is 328 Å². The van der Waals surface area contributed by atoms with Crippen molar-refractivity contribution in [1.82, 2.24) is 0 Å². The lowest BCUT2D eigenvalue weighted by molar-refractivity contribution is -0.377. The van der Waals surface area contributed by atoms with Crippen molar-refractivity contribution < 1.29 is 128 Å². The van der Waals surface area contributed by atoms with E-state index in [4.69, 9.17) is 80.5 Å². The van der Waals surface area contributed by atoms with Gasteiger partial charge in [0.25, 0.3) is 0 Å². The van der Waals surface area contributed by atoms with E-state index in [2.05, 4.69) is 40.3 Å². The van der Waals surface area contributed by atoms with Crippen LogP contribution in [0.15, 0.2) is 23.8 Å². The molecule has 4 heterocycles. The fourth-order valence-electron chi connectivity index (χ4n) is 17.2. The second kappa shape index (κ2) is 28.7. The molecule has 27 nitrogen and oxygen atoms in total. The fourth-order valence-corrected chi connectivity index (χ4v) is 17.2. The molecule has 4 aliphatic heterocycles. The highest BCUT2D eigenvalue weighted by Gasteiger charge is 2.79. The first kappa shape index (κ1) is 72.7. The average Bonchev–Trinajstić information content (AvgIpc) is 1.52. The molecular weight excluding hydrogens is 1220 g/mol. The average molecular weight is 1320 g/mol. The number of hydrogen-bond acceptors (Lipinski definition) is 27. The van der Waals surface area contributed by atoms with E-state index in [-0.39, 0.29) is 23.7 Å². The Morgan fingerprint density at radius 2 is 1.05 bits per heavy atom. The quantitative estimate of drug-likeness (QED) is 0.0529. The van der Waals surface area contributed by atoms with Crippen molar-refractivity contribution in [2.75, 3.05) is 26.9 Å². The Kier molecular flexibility index (Phi) is 22.4. The third-order valence-corrected chi connectivity index (χ3v) is 20.6. The maximum absolute atomic E-state index is 14.8. The Morgan fingerprint density at radius 1 is 0.559 bits per heavy atom. The highest BCUT2D eigenvalue weighted by atomic mass is 16.8. The van der Waals surface area contributed by atoms with Gasteiger partial charge in [-0.25, -0.2) is 0 Å². The summed E-state index contributed by atoms with van der Waals surface area (Å²) in [6.07, 6.45) is -15.7. The lowest BCUT2D eigenvalue weighted by Crippen LogP contribution is -2.68. The Hall–Kier alpha value is -6.10. The first-order valence-electron chi connectivity index (χ1n) is 32.0. The van der Waals surface area contributed by atoms with Crippen molar-refractivity contribution in [3.63, 3.8) is 0 Å². The molecule has 8 rings (SSSR count). The van der Waals surface area contributed by atoms with Gasteiger partial charge in [-0.15, -0.1) is 6.58 Å². The van der Waals surface area contributed by atoms with Gasteiger partial charge in [-0.05, 0) is 99.7 Å². The van der Waals surface area contributed by atoms with Gasteiger partial charge in [-0.2, -0.15) is 0 Å². The number of rotatable bonds is 22. The molecule has 0 aromatic carbocycles. The molecule has 23 atom stereocenters. The zero-order valence-electron chi connectivity index (χ0n) is 56.3. The number of methoxy groups -OCH3 is 1. The Bertz CT molecular complexity index is 2900. The van der Waals surface area contributed by atoms with Gasteiger partial charge >= 0.3 is 59.7 Å². The van der Waals surface area contributed by atoms with Crippen LogP contribution in [0.2, 0.25) is 0 Å². The minimum absolute atomic E-state index is 0.00394. The van der Waals surface area contributed by atoms with Crippen LogP contribution in [-0.4, -0.2) is 190 Å². The van der Waals surface area contributed by atoms with Crippen LogP contribution >= 0.6 is 0 Å². The SMILES string of the molecule is C=C(C)CCC[C@]1(C)OC(=O)[C@]23CC=C4[C@@H](CC[C@H]5C(C)(C)[C@@H](O[C@@H]6OC[C@@H](O[C@@H]7O[C@H](COC(C)=O)[C@@H](OC(C)=O)[C@H](O[C@@H]8O[C@H](COC(C)=O)[C@@H](OC(C)=O)[C@H](OC)[C@H]8OC(C)=O)[C@H]7OC(C)=O)[C@H](OC(C)=O)[C@H]6OC(C)=O)CC[C@]45C)[C@]2(C)C[C@@H](OC(C)=O)[C@@H]31. The Labute approximate surface area is 542 Å². The van der Waals surface area contributed by atoms with Crippen LogP contribution in [0.4, 0.5) is 0 Å². The van der Waals surface area contributed by atoms with E-state index in [1.165, 1.54) is 19.6 Å². The summed E-state index contributed by atoms with van der Waals surface area (Å²) >= 11 is 0. The Balaban J connectivity index is 1.10. The number of carbonyl (C=O) groups excluding carboxylic acids is 10. The van der Waals surface area contributed by atoms with Crippen LogP contribution in [-0.2, 0) is 128 Å². The van der Waals surface area contributed by atoms with Crippen LogP contribution in [0.5, 0.6) is 0 Å². The van der Waals surface area contributed by atoms with Gasteiger partial charge in [-0.3, -0.25) is 47.9 Å². The van der Waals surface area contributed by atoms with E-state index < -0.39 is 199 Å². The molecule has 8 aliphatic rings. The molecule has 7 fully saturated rings. The van der Waals surface area contributed by atoms with E-state index in [1.807, 2.05) is 13.8 Å². The van der Waals surface area contributed by atoms with E-state index in [1.54, 1.807) is 0 Å². The molecule has 27 heteroatoms. The van der Waals surface area contributed by atoms with Crippen molar-refractivity contribution in [1.29, 1.82) is 0 Å². The maximum Gasteiger partial charge on any atom is 0.314 e. The number of carbonyl (C=O) groups is 10. The molecule has 0 amide bonds. The second-order valence-corrected chi connectivity index (χ2v) is 27.5. The summed E-state index contributed by atoms with van der Waals surface area (Å²) in [4.78, 5) is 131. The molecule has 0 unspecified atom stereocenters. The van der Waals surface area contributed by atoms with E-state index in [0.29, 0.717) is 32.1 Å². The molecule has 0 aromatic rings. The summed E-state index contributed by atoms with van der Waals surface area (Å²) in [5.41, 5.74) is -1.12. The van der Waals surface area contributed by atoms with E-state index in [0.717, 1.165) is 86.6 Å². The summed E-state index contributed by atoms with van der Waals surface area (Å²) in [7, 11) is 1.21. The molecule has 0 aromatic heterocycles. The van der Waals surface area contributed by atoms with Gasteiger partial charge < -0.3 is 80.5 Å². The molecule has 0 N–H and O–H groups in total. The molecule has 520 valence electrons. The van der Waals surface area contributed by atoms with E-state index in [9.17, 15) is 47.9 Å². The normalized spacial score (nSPS) is 39.7. The van der Waals surface area contributed by atoms with Crippen molar-refractivity contribution in [2.45, 2.75) is 265 Å². The van der Waals surface area contributed by atoms with Crippen molar-refractivity contribution in [2.24, 2.45) is 39.4 Å². The predicted molar refractivity (Wildman–Crippen MR) is 316 cm³/mol. The minimum atomic E-state index is -1.89. The van der Waals surface area contributed by atoms with Crippen LogP contribution < -0.4 is 0 Å². The highest BCUT2D eigenvalue weighted by molar-refractivity contribution is 5.84. The molecule has 0 bridgehead atoms. The molecular formula is C66H94O27. The van der Waals surface area contributed by atoms with Crippen molar-refractivity contribution in [3.8, 4) is 0 Å². The summed E-state index contributed by atoms with van der Waals surface area (Å²) in [6.45, 7) is 25.2. The third-order valence-electron chi connectivity index (χ3n) is 20.6. The first-order chi connectivity index (χ1) is 43.5. The van der Waals surface area contributed by atoms with E-state index >= 15 is 0 Å². The first-order valence-corrected chi connectivity index (χ1v) is 32.0. The number of ether oxygens (including phenoxy) is 17. The molecule has 4 saturated heterocycles. The number of allylic oxidation sites excluding steroid dienone is 3.